The third-order valence-corrected chi connectivity index (χ3v) is 3.85. The second-order valence-corrected chi connectivity index (χ2v) is 5.36. The quantitative estimate of drug-likeness (QED) is 0.931. The van der Waals surface area contributed by atoms with Crippen molar-refractivity contribution < 1.29 is 14.6 Å². The first-order chi connectivity index (χ1) is 9.65. The van der Waals surface area contributed by atoms with Gasteiger partial charge in [0.15, 0.2) is 11.5 Å². The molecule has 0 bridgehead atoms. The molecule has 1 unspecified atom stereocenters. The number of hydrogen-bond donors (Lipinski definition) is 1. The van der Waals surface area contributed by atoms with E-state index >= 15 is 0 Å². The van der Waals surface area contributed by atoms with Crippen molar-refractivity contribution in [1.82, 2.24) is 0 Å². The van der Waals surface area contributed by atoms with Gasteiger partial charge in [-0.25, -0.2) is 0 Å². The van der Waals surface area contributed by atoms with Crippen LogP contribution >= 0.6 is 23.2 Å². The number of fused-ring (bicyclic) bond motifs is 1. The summed E-state index contributed by atoms with van der Waals surface area (Å²) in [6.07, 6.45) is -0.294. The van der Waals surface area contributed by atoms with Crippen molar-refractivity contribution in [1.29, 1.82) is 0 Å². The lowest BCUT2D eigenvalue weighted by Crippen LogP contribution is -2.02. The molecular weight excluding hydrogens is 299 g/mol. The molecule has 0 fully saturated rings. The minimum atomic E-state index is -0.707. The van der Waals surface area contributed by atoms with Crippen LogP contribution in [0.3, 0.4) is 0 Å². The third-order valence-electron chi connectivity index (χ3n) is 3.21. The highest BCUT2D eigenvalue weighted by atomic mass is 35.5. The van der Waals surface area contributed by atoms with Crippen LogP contribution < -0.4 is 9.47 Å². The van der Waals surface area contributed by atoms with Crippen LogP contribution in [-0.2, 0) is 6.42 Å². The van der Waals surface area contributed by atoms with E-state index < -0.39 is 6.10 Å². The predicted molar refractivity (Wildman–Crippen MR) is 77.7 cm³/mol. The molecule has 2 aromatic carbocycles. The Balaban J connectivity index is 1.86. The second-order valence-electron chi connectivity index (χ2n) is 4.55. The molecule has 0 aliphatic carbocycles. The van der Waals surface area contributed by atoms with Crippen LogP contribution in [0.4, 0.5) is 0 Å². The second kappa shape index (κ2) is 5.52. The normalized spacial score (nSPS) is 14.3. The highest BCUT2D eigenvalue weighted by Crippen LogP contribution is 2.41. The number of aliphatic hydroxyl groups is 1. The lowest BCUT2D eigenvalue weighted by Gasteiger charge is -2.13. The predicted octanol–water partition coefficient (Wildman–Crippen LogP) is 4.00. The Kier molecular flexibility index (Phi) is 3.74. The van der Waals surface area contributed by atoms with Crippen molar-refractivity contribution in [2.45, 2.75) is 12.5 Å². The molecular formula is C15H12Cl2O3. The standard InChI is InChI=1S/C15H12Cl2O3/c16-11-4-2-1-3-9(11)6-13(18)10-5-12(17)15-14(7-10)19-8-20-15/h1-5,7,13,18H,6,8H2. The van der Waals surface area contributed by atoms with Crippen LogP contribution in [0.1, 0.15) is 17.2 Å². The van der Waals surface area contributed by atoms with Crippen molar-refractivity contribution >= 4 is 23.2 Å². The molecule has 0 spiro atoms. The summed E-state index contributed by atoms with van der Waals surface area (Å²) in [5, 5.41) is 11.4. The topological polar surface area (TPSA) is 38.7 Å². The van der Waals surface area contributed by atoms with E-state index in [1.54, 1.807) is 18.2 Å². The van der Waals surface area contributed by atoms with Crippen molar-refractivity contribution in [2.75, 3.05) is 6.79 Å². The summed E-state index contributed by atoms with van der Waals surface area (Å²) in [5.74, 6) is 1.09. The van der Waals surface area contributed by atoms with Gasteiger partial charge >= 0.3 is 0 Å². The average Bonchev–Trinajstić information content (AvgIpc) is 2.90. The molecule has 1 atom stereocenters. The molecule has 0 aromatic heterocycles. The maximum absolute atomic E-state index is 10.3. The smallest absolute Gasteiger partial charge is 0.231 e. The van der Waals surface area contributed by atoms with E-state index in [1.807, 2.05) is 18.2 Å². The molecule has 104 valence electrons. The minimum Gasteiger partial charge on any atom is -0.454 e. The highest BCUT2D eigenvalue weighted by Gasteiger charge is 2.21. The molecule has 1 heterocycles. The number of aliphatic hydroxyl groups excluding tert-OH is 1. The average molecular weight is 311 g/mol. The molecule has 2 aromatic rings. The van der Waals surface area contributed by atoms with E-state index in [0.717, 1.165) is 5.56 Å². The van der Waals surface area contributed by atoms with E-state index in [0.29, 0.717) is 33.5 Å². The third kappa shape index (κ3) is 2.57. The van der Waals surface area contributed by atoms with Gasteiger partial charge in [0.2, 0.25) is 6.79 Å². The molecule has 1 aliphatic rings. The van der Waals surface area contributed by atoms with Gasteiger partial charge in [0, 0.05) is 11.4 Å². The van der Waals surface area contributed by atoms with Gasteiger partial charge in [-0.1, -0.05) is 41.4 Å². The van der Waals surface area contributed by atoms with E-state index in [4.69, 9.17) is 32.7 Å². The zero-order valence-electron chi connectivity index (χ0n) is 10.5. The highest BCUT2D eigenvalue weighted by molar-refractivity contribution is 6.32. The Morgan fingerprint density at radius 2 is 1.90 bits per heavy atom. The zero-order valence-corrected chi connectivity index (χ0v) is 12.0. The van der Waals surface area contributed by atoms with Gasteiger partial charge < -0.3 is 14.6 Å². The summed E-state index contributed by atoms with van der Waals surface area (Å²) in [4.78, 5) is 0. The fourth-order valence-electron chi connectivity index (χ4n) is 2.17. The van der Waals surface area contributed by atoms with Crippen molar-refractivity contribution in [3.63, 3.8) is 0 Å². The van der Waals surface area contributed by atoms with E-state index in [1.165, 1.54) is 0 Å². The van der Waals surface area contributed by atoms with Crippen LogP contribution in [0, 0.1) is 0 Å². The van der Waals surface area contributed by atoms with Crippen LogP contribution in [0.2, 0.25) is 10.0 Å². The largest absolute Gasteiger partial charge is 0.454 e. The monoisotopic (exact) mass is 310 g/mol. The SMILES string of the molecule is OC(Cc1ccccc1Cl)c1cc(Cl)c2c(c1)OCO2. The maximum Gasteiger partial charge on any atom is 0.231 e. The molecule has 0 saturated heterocycles. The lowest BCUT2D eigenvalue weighted by molar-refractivity contribution is 0.171. The Morgan fingerprint density at radius 1 is 1.10 bits per heavy atom. The molecule has 3 rings (SSSR count). The van der Waals surface area contributed by atoms with Crippen LogP contribution in [0.25, 0.3) is 0 Å². The molecule has 0 saturated carbocycles. The van der Waals surface area contributed by atoms with Gasteiger partial charge in [-0.2, -0.15) is 0 Å². The van der Waals surface area contributed by atoms with E-state index in [-0.39, 0.29) is 6.79 Å². The first-order valence-electron chi connectivity index (χ1n) is 6.15. The summed E-state index contributed by atoms with van der Waals surface area (Å²) in [6.45, 7) is 0.152. The van der Waals surface area contributed by atoms with Gasteiger partial charge in [-0.3, -0.25) is 0 Å². The first-order valence-corrected chi connectivity index (χ1v) is 6.91. The fourth-order valence-corrected chi connectivity index (χ4v) is 2.66. The number of benzene rings is 2. The van der Waals surface area contributed by atoms with Gasteiger partial charge in [-0.15, -0.1) is 0 Å². The Labute approximate surface area is 126 Å². The summed E-state index contributed by atoms with van der Waals surface area (Å²) in [7, 11) is 0. The molecule has 1 aliphatic heterocycles. The fraction of sp³-hybridized carbons (Fsp3) is 0.200. The zero-order chi connectivity index (χ0) is 14.1. The number of ether oxygens (including phenoxy) is 2. The molecule has 20 heavy (non-hydrogen) atoms. The Hall–Kier alpha value is -1.42. The van der Waals surface area contributed by atoms with Crippen molar-refractivity contribution in [2.24, 2.45) is 0 Å². The minimum absolute atomic E-state index is 0.152. The van der Waals surface area contributed by atoms with Gasteiger partial charge in [0.25, 0.3) is 0 Å². The van der Waals surface area contributed by atoms with Crippen molar-refractivity contribution in [3.05, 3.63) is 57.6 Å². The number of hydrogen-bond acceptors (Lipinski definition) is 3. The van der Waals surface area contributed by atoms with E-state index in [9.17, 15) is 5.11 Å². The van der Waals surface area contributed by atoms with Crippen LogP contribution in [0.15, 0.2) is 36.4 Å². The van der Waals surface area contributed by atoms with Gasteiger partial charge in [0.1, 0.15) is 0 Å². The van der Waals surface area contributed by atoms with Crippen LogP contribution in [-0.4, -0.2) is 11.9 Å². The Bertz CT molecular complexity index is 643. The number of rotatable bonds is 3. The molecule has 3 nitrogen and oxygen atoms in total. The summed E-state index contributed by atoms with van der Waals surface area (Å²) in [6, 6.07) is 10.9. The summed E-state index contributed by atoms with van der Waals surface area (Å²) >= 11 is 12.2. The van der Waals surface area contributed by atoms with Gasteiger partial charge in [0.05, 0.1) is 11.1 Å². The number of halogens is 2. The van der Waals surface area contributed by atoms with E-state index in [2.05, 4.69) is 0 Å². The lowest BCUT2D eigenvalue weighted by atomic mass is 10.0. The molecule has 0 radical (unpaired) electrons. The van der Waals surface area contributed by atoms with Crippen LogP contribution in [0.5, 0.6) is 11.5 Å². The molecule has 0 amide bonds. The maximum atomic E-state index is 10.3. The molecule has 5 heteroatoms. The Morgan fingerprint density at radius 3 is 2.70 bits per heavy atom. The summed E-state index contributed by atoms with van der Waals surface area (Å²) in [5.41, 5.74) is 1.56. The first kappa shape index (κ1) is 13.6. The van der Waals surface area contributed by atoms with Gasteiger partial charge in [-0.05, 0) is 29.3 Å². The van der Waals surface area contributed by atoms with Crippen molar-refractivity contribution in [3.8, 4) is 11.5 Å². The molecule has 1 N–H and O–H groups in total. The summed E-state index contributed by atoms with van der Waals surface area (Å²) < 4.78 is 10.5.